The third-order valence-corrected chi connectivity index (χ3v) is 3.27. The number of alkyl halides is 1. The first kappa shape index (κ1) is 11.0. The van der Waals surface area contributed by atoms with Gasteiger partial charge in [-0.05, 0) is 18.8 Å². The van der Waals surface area contributed by atoms with Crippen LogP contribution in [0.1, 0.15) is 19.3 Å². The molecule has 2 bridgehead atoms. The van der Waals surface area contributed by atoms with Gasteiger partial charge in [-0.3, -0.25) is 4.90 Å². The van der Waals surface area contributed by atoms with Crippen molar-refractivity contribution in [2.75, 3.05) is 25.6 Å². The molecule has 1 atom stereocenters. The standard InChI is InChI=1S/C10H16ClNO3/c11-3-6-14-10(13)15-9-7-8-1-4-12(9)5-2-8/h8-9H,1-7H2. The van der Waals surface area contributed by atoms with E-state index >= 15 is 0 Å². The molecule has 0 aromatic carbocycles. The Labute approximate surface area is 94.5 Å². The fourth-order valence-electron chi connectivity index (χ4n) is 2.30. The molecule has 4 nitrogen and oxygen atoms in total. The smallest absolute Gasteiger partial charge is 0.433 e. The monoisotopic (exact) mass is 233 g/mol. The number of nitrogens with zero attached hydrogens (tertiary/aromatic N) is 1. The molecule has 0 N–H and O–H groups in total. The number of carbonyl (C=O) groups excluding carboxylic acids is 1. The minimum atomic E-state index is -0.590. The van der Waals surface area contributed by atoms with Gasteiger partial charge in [-0.2, -0.15) is 0 Å². The molecule has 0 amide bonds. The fraction of sp³-hybridized carbons (Fsp3) is 0.900. The molecule has 3 rings (SSSR count). The Bertz CT molecular complexity index is 229. The Morgan fingerprint density at radius 3 is 2.67 bits per heavy atom. The summed E-state index contributed by atoms with van der Waals surface area (Å²) in [5.74, 6) is 1.03. The quantitative estimate of drug-likeness (QED) is 0.551. The van der Waals surface area contributed by atoms with Gasteiger partial charge in [0.25, 0.3) is 0 Å². The molecule has 0 spiro atoms. The summed E-state index contributed by atoms with van der Waals surface area (Å²) in [4.78, 5) is 13.4. The lowest BCUT2D eigenvalue weighted by Crippen LogP contribution is -2.50. The zero-order chi connectivity index (χ0) is 10.7. The summed E-state index contributed by atoms with van der Waals surface area (Å²) in [5.41, 5.74) is 0. The maximum absolute atomic E-state index is 11.2. The lowest BCUT2D eigenvalue weighted by atomic mass is 9.87. The van der Waals surface area contributed by atoms with E-state index in [0.717, 1.165) is 25.4 Å². The van der Waals surface area contributed by atoms with Crippen LogP contribution in [0.2, 0.25) is 0 Å². The predicted molar refractivity (Wildman–Crippen MR) is 55.9 cm³/mol. The van der Waals surface area contributed by atoms with Crippen LogP contribution >= 0.6 is 11.6 Å². The van der Waals surface area contributed by atoms with Gasteiger partial charge in [0.1, 0.15) is 6.61 Å². The first-order valence-electron chi connectivity index (χ1n) is 5.43. The van der Waals surface area contributed by atoms with Crippen LogP contribution in [-0.4, -0.2) is 42.9 Å². The zero-order valence-electron chi connectivity index (χ0n) is 8.65. The average Bonchev–Trinajstić information content (AvgIpc) is 2.28. The van der Waals surface area contributed by atoms with E-state index < -0.39 is 6.16 Å². The van der Waals surface area contributed by atoms with E-state index in [1.165, 1.54) is 12.8 Å². The molecule has 86 valence electrons. The summed E-state index contributed by atoms with van der Waals surface area (Å²) in [6.07, 6.45) is 2.76. The zero-order valence-corrected chi connectivity index (χ0v) is 9.41. The van der Waals surface area contributed by atoms with E-state index in [0.29, 0.717) is 5.88 Å². The molecule has 0 aromatic heterocycles. The Balaban J connectivity index is 1.77. The van der Waals surface area contributed by atoms with E-state index in [1.54, 1.807) is 0 Å². The second-order valence-corrected chi connectivity index (χ2v) is 4.45. The third-order valence-electron chi connectivity index (χ3n) is 3.12. The van der Waals surface area contributed by atoms with Gasteiger partial charge < -0.3 is 9.47 Å². The number of carbonyl (C=O) groups is 1. The van der Waals surface area contributed by atoms with Gasteiger partial charge in [-0.1, -0.05) is 0 Å². The minimum absolute atomic E-state index is 0.0691. The van der Waals surface area contributed by atoms with Crippen LogP contribution in [0.5, 0.6) is 0 Å². The van der Waals surface area contributed by atoms with Crippen LogP contribution in [-0.2, 0) is 9.47 Å². The molecular formula is C10H16ClNO3. The number of hydrogen-bond acceptors (Lipinski definition) is 4. The van der Waals surface area contributed by atoms with Crippen molar-refractivity contribution in [3.63, 3.8) is 0 Å². The SMILES string of the molecule is O=C(OCCCl)OC1CC2CCN1CC2. The first-order valence-corrected chi connectivity index (χ1v) is 5.96. The van der Waals surface area contributed by atoms with E-state index in [2.05, 4.69) is 4.90 Å². The highest BCUT2D eigenvalue weighted by Crippen LogP contribution is 2.32. The highest BCUT2D eigenvalue weighted by Gasteiger charge is 2.35. The van der Waals surface area contributed by atoms with Crippen molar-refractivity contribution < 1.29 is 14.3 Å². The van der Waals surface area contributed by atoms with Crippen molar-refractivity contribution in [3.05, 3.63) is 0 Å². The Hall–Kier alpha value is -0.480. The van der Waals surface area contributed by atoms with Crippen molar-refractivity contribution in [1.82, 2.24) is 4.90 Å². The number of piperidine rings is 3. The summed E-state index contributed by atoms with van der Waals surface area (Å²) in [5, 5.41) is 0. The lowest BCUT2D eigenvalue weighted by Gasteiger charge is -2.43. The largest absolute Gasteiger partial charge is 0.509 e. The summed E-state index contributed by atoms with van der Waals surface area (Å²) >= 11 is 5.41. The third kappa shape index (κ3) is 2.75. The number of rotatable bonds is 3. The van der Waals surface area contributed by atoms with Crippen LogP contribution in [0.15, 0.2) is 0 Å². The molecule has 0 saturated carbocycles. The van der Waals surface area contributed by atoms with Crippen molar-refractivity contribution in [2.24, 2.45) is 5.92 Å². The molecule has 5 heteroatoms. The molecule has 3 heterocycles. The van der Waals surface area contributed by atoms with Crippen molar-refractivity contribution in [3.8, 4) is 0 Å². The highest BCUT2D eigenvalue weighted by molar-refractivity contribution is 6.18. The van der Waals surface area contributed by atoms with Crippen LogP contribution < -0.4 is 0 Å². The Morgan fingerprint density at radius 2 is 2.13 bits per heavy atom. The molecule has 0 radical (unpaired) electrons. The average molecular weight is 234 g/mol. The van der Waals surface area contributed by atoms with E-state index in [4.69, 9.17) is 21.1 Å². The molecule has 3 aliphatic heterocycles. The maximum Gasteiger partial charge on any atom is 0.509 e. The van der Waals surface area contributed by atoms with Crippen LogP contribution in [0.3, 0.4) is 0 Å². The number of ether oxygens (including phenoxy) is 2. The minimum Gasteiger partial charge on any atom is -0.433 e. The van der Waals surface area contributed by atoms with Crippen LogP contribution in [0.4, 0.5) is 4.79 Å². The molecule has 3 fully saturated rings. The van der Waals surface area contributed by atoms with Crippen molar-refractivity contribution in [2.45, 2.75) is 25.5 Å². The Kier molecular flexibility index (Phi) is 3.70. The molecular weight excluding hydrogens is 218 g/mol. The van der Waals surface area contributed by atoms with Gasteiger partial charge >= 0.3 is 6.16 Å². The summed E-state index contributed by atoms with van der Waals surface area (Å²) in [6.45, 7) is 2.30. The molecule has 3 saturated heterocycles. The normalized spacial score (nSPS) is 33.8. The van der Waals surface area contributed by atoms with E-state index in [1.807, 2.05) is 0 Å². The summed E-state index contributed by atoms with van der Waals surface area (Å²) in [7, 11) is 0. The number of halogens is 1. The molecule has 3 aliphatic rings. The molecule has 0 aliphatic carbocycles. The Morgan fingerprint density at radius 1 is 1.40 bits per heavy atom. The van der Waals surface area contributed by atoms with Gasteiger partial charge in [0, 0.05) is 19.5 Å². The van der Waals surface area contributed by atoms with Gasteiger partial charge in [-0.15, -0.1) is 11.6 Å². The highest BCUT2D eigenvalue weighted by atomic mass is 35.5. The summed E-state index contributed by atoms with van der Waals surface area (Å²) < 4.78 is 10.0. The molecule has 0 aromatic rings. The van der Waals surface area contributed by atoms with E-state index in [-0.39, 0.29) is 12.8 Å². The van der Waals surface area contributed by atoms with Crippen LogP contribution in [0.25, 0.3) is 0 Å². The van der Waals surface area contributed by atoms with Gasteiger partial charge in [0.2, 0.25) is 0 Å². The fourth-order valence-corrected chi connectivity index (χ4v) is 2.38. The lowest BCUT2D eigenvalue weighted by molar-refractivity contribution is -0.101. The van der Waals surface area contributed by atoms with Gasteiger partial charge in [0.05, 0.1) is 5.88 Å². The summed E-state index contributed by atoms with van der Waals surface area (Å²) in [6, 6.07) is 0. The maximum atomic E-state index is 11.2. The number of fused-ring (bicyclic) bond motifs is 3. The van der Waals surface area contributed by atoms with Crippen LogP contribution in [0, 0.1) is 5.92 Å². The van der Waals surface area contributed by atoms with E-state index in [9.17, 15) is 4.79 Å². The van der Waals surface area contributed by atoms with Gasteiger partial charge in [-0.25, -0.2) is 4.79 Å². The van der Waals surface area contributed by atoms with Crippen molar-refractivity contribution >= 4 is 17.8 Å². The second-order valence-electron chi connectivity index (χ2n) is 4.07. The molecule has 15 heavy (non-hydrogen) atoms. The topological polar surface area (TPSA) is 38.8 Å². The van der Waals surface area contributed by atoms with Crippen molar-refractivity contribution in [1.29, 1.82) is 0 Å². The molecule has 1 unspecified atom stereocenters. The first-order chi connectivity index (χ1) is 7.29. The number of hydrogen-bond donors (Lipinski definition) is 0. The predicted octanol–water partition coefficient (Wildman–Crippen LogP) is 1.82. The second kappa shape index (κ2) is 5.03. The van der Waals surface area contributed by atoms with Gasteiger partial charge in [0.15, 0.2) is 6.23 Å².